The highest BCUT2D eigenvalue weighted by molar-refractivity contribution is 7.98. The van der Waals surface area contributed by atoms with Gasteiger partial charge in [0.05, 0.1) is 38.7 Å². The number of amides is 1. The Bertz CT molecular complexity index is 2780. The summed E-state index contributed by atoms with van der Waals surface area (Å²) in [5.41, 5.74) is -3.18. The van der Waals surface area contributed by atoms with Crippen molar-refractivity contribution in [3.8, 4) is 5.75 Å². The Morgan fingerprint density at radius 1 is 0.957 bits per heavy atom. The van der Waals surface area contributed by atoms with Gasteiger partial charge in [0.1, 0.15) is 17.0 Å². The van der Waals surface area contributed by atoms with Crippen LogP contribution in [0.2, 0.25) is 0 Å². The maximum absolute atomic E-state index is 15.6. The van der Waals surface area contributed by atoms with Crippen molar-refractivity contribution in [3.05, 3.63) is 101 Å². The van der Waals surface area contributed by atoms with Crippen LogP contribution < -0.4 is 9.64 Å². The Morgan fingerprint density at radius 2 is 1.74 bits per heavy atom. The number of esters is 3. The van der Waals surface area contributed by atoms with E-state index >= 15 is 4.79 Å². The number of carbonyl (C=O) groups excluding carboxylic acids is 4. The van der Waals surface area contributed by atoms with Crippen molar-refractivity contribution in [3.63, 3.8) is 0 Å². The first-order valence-corrected chi connectivity index (χ1v) is 25.0. The molecule has 4 aromatic rings. The molecule has 3 fully saturated rings. The van der Waals surface area contributed by atoms with E-state index in [2.05, 4.69) is 20.9 Å². The highest BCUT2D eigenvalue weighted by Crippen LogP contribution is 2.68. The minimum atomic E-state index is -2.57. The first-order valence-electron chi connectivity index (χ1n) is 24.0. The summed E-state index contributed by atoms with van der Waals surface area (Å²) < 4.78 is 38.7. The predicted molar refractivity (Wildman–Crippen MR) is 257 cm³/mol. The van der Waals surface area contributed by atoms with Gasteiger partial charge in [0.25, 0.3) is 0 Å². The van der Waals surface area contributed by atoms with Crippen LogP contribution >= 0.6 is 11.8 Å². The Hall–Kier alpha value is -5.26. The fourth-order valence-electron chi connectivity index (χ4n) is 14.3. The van der Waals surface area contributed by atoms with Gasteiger partial charge in [-0.2, -0.15) is 0 Å². The number of thioether (sulfide) groups is 1. The molecule has 366 valence electrons. The van der Waals surface area contributed by atoms with Gasteiger partial charge < -0.3 is 39.0 Å². The molecular weight excluding hydrogens is 904 g/mol. The summed E-state index contributed by atoms with van der Waals surface area (Å²) in [5, 5.41) is 26.5. The van der Waals surface area contributed by atoms with Crippen molar-refractivity contribution in [2.45, 2.75) is 110 Å². The fourth-order valence-corrected chi connectivity index (χ4v) is 15.2. The lowest BCUT2D eigenvalue weighted by molar-refractivity contribution is -0.228. The number of fused-ring (bicyclic) bond motifs is 6. The van der Waals surface area contributed by atoms with E-state index in [0.717, 1.165) is 21.4 Å². The number of aromatic nitrogens is 1. The highest BCUT2D eigenvalue weighted by atomic mass is 32.2. The monoisotopic (exact) mass is 964 g/mol. The summed E-state index contributed by atoms with van der Waals surface area (Å²) in [6.07, 6.45) is 5.48. The maximum Gasteiger partial charge on any atom is 0.344 e. The largest absolute Gasteiger partial charge is 0.496 e. The minimum absolute atomic E-state index is 0.202. The molecule has 1 saturated carbocycles. The smallest absolute Gasteiger partial charge is 0.344 e. The molecule has 1 unspecified atom stereocenters. The molecule has 3 N–H and O–H groups in total. The Balaban J connectivity index is 1.25. The lowest BCUT2D eigenvalue weighted by Gasteiger charge is -2.63. The summed E-state index contributed by atoms with van der Waals surface area (Å²) in [6, 6.07) is 14.7. The lowest BCUT2D eigenvalue weighted by Crippen LogP contribution is -2.81. The number of piperidine rings is 1. The number of H-pyrrole nitrogens is 1. The van der Waals surface area contributed by atoms with E-state index in [4.69, 9.17) is 18.9 Å². The van der Waals surface area contributed by atoms with Crippen molar-refractivity contribution in [1.82, 2.24) is 14.8 Å². The van der Waals surface area contributed by atoms with Gasteiger partial charge in [-0.25, -0.2) is 9.18 Å². The number of benzene rings is 3. The van der Waals surface area contributed by atoms with Crippen LogP contribution in [0.4, 0.5) is 10.1 Å². The molecule has 16 heteroatoms. The van der Waals surface area contributed by atoms with Gasteiger partial charge in [0, 0.05) is 88.8 Å². The van der Waals surface area contributed by atoms with Crippen molar-refractivity contribution >= 4 is 52.7 Å². The summed E-state index contributed by atoms with van der Waals surface area (Å²) in [5.74, 6) is -2.11. The summed E-state index contributed by atoms with van der Waals surface area (Å²) >= 11 is 1.52. The number of rotatable bonds is 11. The van der Waals surface area contributed by atoms with Crippen LogP contribution in [0.1, 0.15) is 80.8 Å². The van der Waals surface area contributed by atoms with E-state index in [9.17, 15) is 29.0 Å². The SMILES string of the molecule is CC[C@]1(O)C[C@H]2CN(CCc3c([nH]c4ccc(SCc5ccccc5F)cc34)[C@@](C(=O)OC)(c3cc4c(cc3OC)N(C=O)[C@H]3[C@@](O)(C(=O)OC)[C@H](OC(C)=O)[C@]5(CC)C=CCN6CC[C@]43[C@@H]65)C2)C1. The van der Waals surface area contributed by atoms with E-state index < -0.39 is 63.5 Å². The number of nitrogens with zero attached hydrogens (tertiary/aromatic N) is 3. The van der Waals surface area contributed by atoms with Gasteiger partial charge in [-0.15, -0.1) is 11.8 Å². The first kappa shape index (κ1) is 47.4. The third kappa shape index (κ3) is 6.78. The predicted octanol–water partition coefficient (Wildman–Crippen LogP) is 5.95. The van der Waals surface area contributed by atoms with E-state index in [0.29, 0.717) is 105 Å². The number of anilines is 1. The molecule has 6 aliphatic rings. The number of methoxy groups -OCH3 is 3. The number of ether oxygens (including phenoxy) is 4. The second kappa shape index (κ2) is 17.3. The molecule has 0 radical (unpaired) electrons. The number of hydrogen-bond donors (Lipinski definition) is 3. The van der Waals surface area contributed by atoms with Gasteiger partial charge in [-0.3, -0.25) is 24.2 Å². The molecule has 6 heterocycles. The molecule has 10 rings (SSSR count). The number of carbonyl (C=O) groups is 4. The molecule has 69 heavy (non-hydrogen) atoms. The van der Waals surface area contributed by atoms with Crippen molar-refractivity contribution < 1.29 is 52.7 Å². The summed E-state index contributed by atoms with van der Waals surface area (Å²) in [6.45, 7) is 7.90. The van der Waals surface area contributed by atoms with E-state index in [1.807, 2.05) is 50.3 Å². The lowest BCUT2D eigenvalue weighted by atomic mass is 9.47. The topological polar surface area (TPSA) is 171 Å². The average molecular weight is 965 g/mol. The standard InChI is InChI=1S/C53H61FN4O10S/c1-7-49(63)25-32-26-52(47(61)66-5,43-35(16-20-56(27-32)29-49)36-22-34(14-15-40(36)55-43)69-28-33-12-9-10-13-39(33)54)38-23-37-41(24-42(38)65-4)58(30-59)45-51(37)18-21-57-19-11-17-50(8-2,44(51)57)46(68-31(3)60)53(45,64)48(62)67-6/h9-15,17,22-24,30,32,44-46,55,63-64H,7-8,16,18-21,25-29H2,1-6H3/t32-,44+,45-,46-,49+,50-,51-,52+,53+/m1/s1. The second-order valence-corrected chi connectivity index (χ2v) is 21.2. The van der Waals surface area contributed by atoms with Gasteiger partial charge in [0.15, 0.2) is 6.10 Å². The number of halogens is 1. The van der Waals surface area contributed by atoms with Crippen LogP contribution in [0, 0.1) is 17.2 Å². The van der Waals surface area contributed by atoms with Crippen LogP contribution in [-0.2, 0) is 56.4 Å². The van der Waals surface area contributed by atoms with Crippen molar-refractivity contribution in [2.24, 2.45) is 11.3 Å². The Morgan fingerprint density at radius 3 is 2.43 bits per heavy atom. The highest BCUT2D eigenvalue weighted by Gasteiger charge is 2.81. The Labute approximate surface area is 405 Å². The second-order valence-electron chi connectivity index (χ2n) is 20.1. The van der Waals surface area contributed by atoms with Gasteiger partial charge in [0.2, 0.25) is 12.0 Å². The fraction of sp³-hybridized carbons (Fsp3) is 0.509. The molecule has 10 atom stereocenters. The zero-order valence-electron chi connectivity index (χ0n) is 40.0. The summed E-state index contributed by atoms with van der Waals surface area (Å²) in [7, 11) is 4.05. The van der Waals surface area contributed by atoms with Crippen molar-refractivity contribution in [2.75, 3.05) is 59.0 Å². The zero-order chi connectivity index (χ0) is 48.8. The van der Waals surface area contributed by atoms with Gasteiger partial charge in [-0.05, 0) is 98.0 Å². The van der Waals surface area contributed by atoms with E-state index in [1.165, 1.54) is 51.0 Å². The van der Waals surface area contributed by atoms with E-state index in [-0.39, 0.29) is 23.9 Å². The van der Waals surface area contributed by atoms with E-state index in [1.54, 1.807) is 18.2 Å². The van der Waals surface area contributed by atoms with Gasteiger partial charge in [-0.1, -0.05) is 44.2 Å². The van der Waals surface area contributed by atoms with Crippen LogP contribution in [0.25, 0.3) is 10.9 Å². The molecule has 1 amide bonds. The summed E-state index contributed by atoms with van der Waals surface area (Å²) in [4.78, 5) is 67.8. The number of aromatic amines is 1. The average Bonchev–Trinajstić information content (AvgIpc) is 4.02. The third-order valence-corrected chi connectivity index (χ3v) is 18.0. The molecular formula is C53H61FN4O10S. The number of nitrogens with one attached hydrogen (secondary N) is 1. The zero-order valence-corrected chi connectivity index (χ0v) is 40.8. The van der Waals surface area contributed by atoms with Crippen LogP contribution in [-0.4, -0.2) is 133 Å². The molecule has 2 bridgehead atoms. The molecule has 1 aliphatic carbocycles. The van der Waals surface area contributed by atoms with Crippen LogP contribution in [0.15, 0.2) is 71.6 Å². The maximum atomic E-state index is 15.6. The molecule has 1 aromatic heterocycles. The molecule has 14 nitrogen and oxygen atoms in total. The van der Waals surface area contributed by atoms with Crippen LogP contribution in [0.3, 0.4) is 0 Å². The quantitative estimate of drug-likeness (QED) is 0.0531. The Kier molecular flexibility index (Phi) is 11.9. The first-order chi connectivity index (χ1) is 33.1. The molecule has 3 aromatic carbocycles. The van der Waals surface area contributed by atoms with Gasteiger partial charge >= 0.3 is 17.9 Å². The van der Waals surface area contributed by atoms with Crippen molar-refractivity contribution in [1.29, 1.82) is 0 Å². The molecule has 1 spiro atoms. The normalized spacial score (nSPS) is 33.2. The molecule has 5 aliphatic heterocycles. The minimum Gasteiger partial charge on any atom is -0.496 e. The third-order valence-electron chi connectivity index (χ3n) is 16.9. The molecule has 2 saturated heterocycles. The number of aliphatic hydroxyl groups is 2. The van der Waals surface area contributed by atoms with Crippen LogP contribution in [0.5, 0.6) is 5.75 Å². The number of hydrogen-bond acceptors (Lipinski definition) is 13.